The molecule has 0 aliphatic rings. The van der Waals surface area contributed by atoms with Gasteiger partial charge in [0.1, 0.15) is 0 Å². The van der Waals surface area contributed by atoms with Crippen LogP contribution in [-0.4, -0.2) is 5.78 Å². The first-order chi connectivity index (χ1) is 12.5. The minimum Gasteiger partial charge on any atom is -0.378 e. The average Bonchev–Trinajstić information content (AvgIpc) is 2.64. The van der Waals surface area contributed by atoms with E-state index in [9.17, 15) is 4.79 Å². The number of carbonyl (C=O) groups is 1. The summed E-state index contributed by atoms with van der Waals surface area (Å²) < 4.78 is 0. The zero-order chi connectivity index (χ0) is 18.5. The molecule has 3 aromatic rings. The summed E-state index contributed by atoms with van der Waals surface area (Å²) in [4.78, 5) is 12.7. The Morgan fingerprint density at radius 3 is 1.73 bits per heavy atom. The number of Topliss-reactive ketones (excluding diaryl/α,β-unsaturated/α-hetero) is 1. The van der Waals surface area contributed by atoms with Gasteiger partial charge in [0.15, 0.2) is 5.78 Å². The van der Waals surface area contributed by atoms with Gasteiger partial charge in [-0.25, -0.2) is 0 Å². The Kier molecular flexibility index (Phi) is 6.20. The van der Waals surface area contributed by atoms with Crippen LogP contribution in [0.3, 0.4) is 0 Å². The van der Waals surface area contributed by atoms with E-state index < -0.39 is 0 Å². The normalized spacial score (nSPS) is 11.8. The lowest BCUT2D eigenvalue weighted by atomic mass is 9.97. The molecule has 0 amide bonds. The van der Waals surface area contributed by atoms with Crippen molar-refractivity contribution in [3.05, 3.63) is 99.0 Å². The maximum Gasteiger partial charge on any atom is 0.165 e. The molecule has 0 heterocycles. The predicted molar refractivity (Wildman–Crippen MR) is 110 cm³/mol. The molecule has 26 heavy (non-hydrogen) atoms. The highest BCUT2D eigenvalue weighted by molar-refractivity contribution is 6.31. The van der Waals surface area contributed by atoms with Crippen molar-refractivity contribution in [2.45, 2.75) is 12.5 Å². The second kappa shape index (κ2) is 8.59. The van der Waals surface area contributed by atoms with Gasteiger partial charge in [-0.15, -0.1) is 0 Å². The van der Waals surface area contributed by atoms with E-state index >= 15 is 0 Å². The van der Waals surface area contributed by atoms with Crippen LogP contribution in [0.15, 0.2) is 72.8 Å². The van der Waals surface area contributed by atoms with Crippen molar-refractivity contribution in [3.8, 4) is 0 Å². The first kappa shape index (κ1) is 18.8. The van der Waals surface area contributed by atoms with E-state index in [2.05, 4.69) is 5.32 Å². The molecule has 0 saturated carbocycles. The highest BCUT2D eigenvalue weighted by Crippen LogP contribution is 2.27. The first-order valence-electron chi connectivity index (χ1n) is 8.07. The van der Waals surface area contributed by atoms with Crippen molar-refractivity contribution in [1.29, 1.82) is 0 Å². The fraction of sp³-hybridized carbons (Fsp3) is 0.0952. The quantitative estimate of drug-likeness (QED) is 0.445. The van der Waals surface area contributed by atoms with Gasteiger partial charge in [0.25, 0.3) is 0 Å². The highest BCUT2D eigenvalue weighted by atomic mass is 35.5. The number of rotatable bonds is 6. The molecule has 3 aromatic carbocycles. The minimum atomic E-state index is -0.198. The van der Waals surface area contributed by atoms with E-state index in [4.69, 9.17) is 34.8 Å². The Bertz CT molecular complexity index is 875. The van der Waals surface area contributed by atoms with Gasteiger partial charge in [-0.05, 0) is 66.2 Å². The fourth-order valence-electron chi connectivity index (χ4n) is 2.63. The van der Waals surface area contributed by atoms with Gasteiger partial charge in [0, 0.05) is 32.7 Å². The third-order valence-corrected chi connectivity index (χ3v) is 4.77. The molecule has 0 aromatic heterocycles. The molecule has 0 bridgehead atoms. The lowest BCUT2D eigenvalue weighted by molar-refractivity contribution is 0.0976. The number of nitrogens with one attached hydrogen (secondary N) is 1. The van der Waals surface area contributed by atoms with E-state index in [-0.39, 0.29) is 11.8 Å². The molecule has 0 aliphatic carbocycles. The molecule has 132 valence electrons. The van der Waals surface area contributed by atoms with Crippen molar-refractivity contribution in [3.63, 3.8) is 0 Å². The molecule has 1 N–H and O–H groups in total. The lowest BCUT2D eigenvalue weighted by Gasteiger charge is -2.20. The van der Waals surface area contributed by atoms with E-state index in [1.807, 2.05) is 48.5 Å². The van der Waals surface area contributed by atoms with Crippen LogP contribution in [0.4, 0.5) is 5.69 Å². The van der Waals surface area contributed by atoms with Gasteiger partial charge in [-0.3, -0.25) is 4.79 Å². The van der Waals surface area contributed by atoms with Gasteiger partial charge in [-0.2, -0.15) is 0 Å². The maximum absolute atomic E-state index is 12.7. The number of ketones is 1. The zero-order valence-corrected chi connectivity index (χ0v) is 16.0. The van der Waals surface area contributed by atoms with Gasteiger partial charge >= 0.3 is 0 Å². The van der Waals surface area contributed by atoms with Gasteiger partial charge in [0.05, 0.1) is 6.04 Å². The molecular weight excluding hydrogens is 389 g/mol. The Morgan fingerprint density at radius 1 is 0.731 bits per heavy atom. The Balaban J connectivity index is 1.84. The van der Waals surface area contributed by atoms with Crippen LogP contribution >= 0.6 is 34.8 Å². The van der Waals surface area contributed by atoms with Crippen molar-refractivity contribution in [2.24, 2.45) is 0 Å². The van der Waals surface area contributed by atoms with Crippen molar-refractivity contribution in [2.75, 3.05) is 5.32 Å². The van der Waals surface area contributed by atoms with Gasteiger partial charge in [-0.1, -0.05) is 46.9 Å². The summed E-state index contributed by atoms with van der Waals surface area (Å²) in [6, 6.07) is 21.6. The minimum absolute atomic E-state index is 0.0306. The third-order valence-electron chi connectivity index (χ3n) is 4.01. The maximum atomic E-state index is 12.7. The first-order valence-corrected chi connectivity index (χ1v) is 9.21. The molecule has 0 saturated heterocycles. The molecule has 0 radical (unpaired) electrons. The van der Waals surface area contributed by atoms with Crippen molar-refractivity contribution in [1.82, 2.24) is 0 Å². The largest absolute Gasteiger partial charge is 0.378 e. The van der Waals surface area contributed by atoms with E-state index in [0.717, 1.165) is 11.3 Å². The zero-order valence-electron chi connectivity index (χ0n) is 13.8. The van der Waals surface area contributed by atoms with Crippen LogP contribution in [0.2, 0.25) is 15.1 Å². The summed E-state index contributed by atoms with van der Waals surface area (Å²) >= 11 is 17.9. The lowest BCUT2D eigenvalue weighted by Crippen LogP contribution is -2.15. The molecule has 1 unspecified atom stereocenters. The van der Waals surface area contributed by atoms with Crippen LogP contribution in [0, 0.1) is 0 Å². The second-order valence-corrected chi connectivity index (χ2v) is 7.20. The molecular formula is C21H16Cl3NO. The highest BCUT2D eigenvalue weighted by Gasteiger charge is 2.17. The van der Waals surface area contributed by atoms with Gasteiger partial charge < -0.3 is 5.32 Å². The summed E-state index contributed by atoms with van der Waals surface area (Å²) in [7, 11) is 0. The van der Waals surface area contributed by atoms with Crippen molar-refractivity contribution >= 4 is 46.3 Å². The molecule has 2 nitrogen and oxygen atoms in total. The second-order valence-electron chi connectivity index (χ2n) is 5.89. The number of carbonyl (C=O) groups excluding carboxylic acids is 1. The number of hydrogen-bond donors (Lipinski definition) is 1. The fourth-order valence-corrected chi connectivity index (χ4v) is 3.01. The summed E-state index contributed by atoms with van der Waals surface area (Å²) in [6.45, 7) is 0. The number of halogens is 3. The van der Waals surface area contributed by atoms with Crippen LogP contribution in [0.5, 0.6) is 0 Å². The summed E-state index contributed by atoms with van der Waals surface area (Å²) in [5.74, 6) is 0.0306. The van der Waals surface area contributed by atoms with Crippen LogP contribution in [-0.2, 0) is 0 Å². The van der Waals surface area contributed by atoms with Gasteiger partial charge in [0.2, 0.25) is 0 Å². The van der Waals surface area contributed by atoms with Crippen LogP contribution in [0.25, 0.3) is 0 Å². The van der Waals surface area contributed by atoms with E-state index in [1.165, 1.54) is 0 Å². The smallest absolute Gasteiger partial charge is 0.165 e. The molecule has 3 rings (SSSR count). The number of benzene rings is 3. The van der Waals surface area contributed by atoms with E-state index in [0.29, 0.717) is 27.1 Å². The summed E-state index contributed by atoms with van der Waals surface area (Å²) in [5, 5.41) is 5.33. The topological polar surface area (TPSA) is 29.1 Å². The number of anilines is 1. The predicted octanol–water partition coefficient (Wildman–Crippen LogP) is 7.07. The third kappa shape index (κ3) is 5.01. The SMILES string of the molecule is O=C(CC(Nc1ccc(Cl)cc1)c1ccc(Cl)cc1)c1ccc(Cl)cc1. The molecule has 0 fully saturated rings. The molecule has 0 aliphatic heterocycles. The Labute approximate surface area is 167 Å². The Hall–Kier alpha value is -2.00. The summed E-state index contributed by atoms with van der Waals surface area (Å²) in [5.41, 5.74) is 2.50. The van der Waals surface area contributed by atoms with Crippen LogP contribution in [0.1, 0.15) is 28.4 Å². The van der Waals surface area contributed by atoms with Crippen LogP contribution < -0.4 is 5.32 Å². The molecule has 1 atom stereocenters. The molecule has 5 heteroatoms. The molecule has 0 spiro atoms. The number of hydrogen-bond acceptors (Lipinski definition) is 2. The Morgan fingerprint density at radius 2 is 1.19 bits per heavy atom. The van der Waals surface area contributed by atoms with Crippen molar-refractivity contribution < 1.29 is 4.79 Å². The summed E-state index contributed by atoms with van der Waals surface area (Å²) in [6.07, 6.45) is 0.298. The average molecular weight is 405 g/mol. The monoisotopic (exact) mass is 403 g/mol. The van der Waals surface area contributed by atoms with E-state index in [1.54, 1.807) is 24.3 Å². The standard InChI is InChI=1S/C21H16Cl3NO/c22-16-5-1-14(2-6-16)20(25-19-11-9-18(24)10-12-19)13-21(26)15-3-7-17(23)8-4-15/h1-12,20,25H,13H2.